The number of nitrogens with zero attached hydrogens (tertiary/aromatic N) is 1. The molecule has 0 aromatic heterocycles. The number of hydrogen-bond acceptors (Lipinski definition) is 2. The number of likely N-dealkylation sites (N-methyl/N-ethyl adjacent to an activating group) is 1. The van der Waals surface area contributed by atoms with Crippen molar-refractivity contribution < 1.29 is 14.0 Å². The minimum atomic E-state index is -0.399. The van der Waals surface area contributed by atoms with Gasteiger partial charge in [-0.1, -0.05) is 41.4 Å². The predicted molar refractivity (Wildman–Crippen MR) is 97.4 cm³/mol. The average Bonchev–Trinajstić information content (AvgIpc) is 2.58. The molecule has 2 aromatic rings. The van der Waals surface area contributed by atoms with E-state index >= 15 is 0 Å². The van der Waals surface area contributed by atoms with Gasteiger partial charge in [0.05, 0.1) is 28.7 Å². The lowest BCUT2D eigenvalue weighted by atomic mass is 10.1. The minimum absolute atomic E-state index is 0.0915. The van der Waals surface area contributed by atoms with Crippen LogP contribution in [0.5, 0.6) is 0 Å². The molecule has 0 aliphatic rings. The summed E-state index contributed by atoms with van der Waals surface area (Å²) in [6.45, 7) is 2.01. The van der Waals surface area contributed by atoms with Gasteiger partial charge in [0.1, 0.15) is 5.82 Å². The molecule has 4 nitrogen and oxygen atoms in total. The second-order valence-corrected chi connectivity index (χ2v) is 6.17. The van der Waals surface area contributed by atoms with Gasteiger partial charge in [-0.15, -0.1) is 0 Å². The summed E-state index contributed by atoms with van der Waals surface area (Å²) in [5.74, 6) is -0.988. The number of carbonyl (C=O) groups is 2. The maximum atomic E-state index is 12.9. The lowest BCUT2D eigenvalue weighted by molar-refractivity contribution is -0.133. The van der Waals surface area contributed by atoms with Crippen LogP contribution in [0.4, 0.5) is 10.1 Å². The van der Waals surface area contributed by atoms with Crippen LogP contribution in [0, 0.1) is 5.82 Å². The van der Waals surface area contributed by atoms with Crippen LogP contribution in [0.3, 0.4) is 0 Å². The Kier molecular flexibility index (Phi) is 6.79. The molecule has 0 spiro atoms. The monoisotopic (exact) mass is 382 g/mol. The van der Waals surface area contributed by atoms with Gasteiger partial charge in [0.15, 0.2) is 0 Å². The first kappa shape index (κ1) is 19.2. The number of halogens is 3. The molecular weight excluding hydrogens is 366 g/mol. The van der Waals surface area contributed by atoms with Crippen molar-refractivity contribution in [3.63, 3.8) is 0 Å². The summed E-state index contributed by atoms with van der Waals surface area (Å²) in [4.78, 5) is 26.0. The topological polar surface area (TPSA) is 49.4 Å². The molecule has 0 aliphatic heterocycles. The lowest BCUT2D eigenvalue weighted by Crippen LogP contribution is -2.38. The maximum absolute atomic E-state index is 12.9. The average molecular weight is 383 g/mol. The van der Waals surface area contributed by atoms with E-state index in [9.17, 15) is 14.0 Å². The van der Waals surface area contributed by atoms with E-state index in [1.807, 2.05) is 0 Å². The fraction of sp³-hybridized carbons (Fsp3) is 0.222. The Morgan fingerprint density at radius 1 is 1.08 bits per heavy atom. The summed E-state index contributed by atoms with van der Waals surface area (Å²) in [6, 6.07) is 10.6. The Balaban J connectivity index is 1.99. The molecule has 25 heavy (non-hydrogen) atoms. The van der Waals surface area contributed by atoms with Gasteiger partial charge < -0.3 is 10.2 Å². The van der Waals surface area contributed by atoms with Gasteiger partial charge >= 0.3 is 0 Å². The third-order valence-corrected chi connectivity index (χ3v) is 4.19. The summed E-state index contributed by atoms with van der Waals surface area (Å²) in [5, 5.41) is 3.26. The zero-order valence-corrected chi connectivity index (χ0v) is 15.1. The molecule has 132 valence electrons. The normalized spacial score (nSPS) is 10.4. The van der Waals surface area contributed by atoms with Crippen molar-refractivity contribution in [3.8, 4) is 0 Å². The first-order chi connectivity index (χ1) is 11.9. The zero-order valence-electron chi connectivity index (χ0n) is 13.6. The first-order valence-electron chi connectivity index (χ1n) is 7.66. The van der Waals surface area contributed by atoms with E-state index in [0.717, 1.165) is 0 Å². The van der Waals surface area contributed by atoms with Crippen LogP contribution in [0.2, 0.25) is 10.0 Å². The molecule has 0 bridgehead atoms. The highest BCUT2D eigenvalue weighted by Crippen LogP contribution is 2.29. The van der Waals surface area contributed by atoms with Gasteiger partial charge in [0.25, 0.3) is 0 Å². The largest absolute Gasteiger partial charge is 0.333 e. The molecule has 0 atom stereocenters. The maximum Gasteiger partial charge on any atom is 0.244 e. The van der Waals surface area contributed by atoms with E-state index in [1.165, 1.54) is 17.0 Å². The van der Waals surface area contributed by atoms with E-state index < -0.39 is 5.91 Å². The third kappa shape index (κ3) is 5.44. The molecule has 1 N–H and O–H groups in total. The Bertz CT molecular complexity index is 746. The Hall–Kier alpha value is -2.11. The van der Waals surface area contributed by atoms with E-state index in [-0.39, 0.29) is 24.7 Å². The van der Waals surface area contributed by atoms with Gasteiger partial charge in [-0.2, -0.15) is 0 Å². The van der Waals surface area contributed by atoms with Crippen LogP contribution >= 0.6 is 23.2 Å². The van der Waals surface area contributed by atoms with Crippen molar-refractivity contribution >= 4 is 40.7 Å². The minimum Gasteiger partial charge on any atom is -0.333 e. The highest BCUT2D eigenvalue weighted by atomic mass is 35.5. The summed E-state index contributed by atoms with van der Waals surface area (Å²) in [7, 11) is 0. The Labute approximate surface area is 155 Å². The molecule has 0 aliphatic carbocycles. The van der Waals surface area contributed by atoms with Gasteiger partial charge in [0, 0.05) is 6.54 Å². The molecule has 0 saturated heterocycles. The van der Waals surface area contributed by atoms with Crippen molar-refractivity contribution in [1.82, 2.24) is 4.90 Å². The number of hydrogen-bond donors (Lipinski definition) is 1. The second kappa shape index (κ2) is 8.83. The number of benzene rings is 2. The van der Waals surface area contributed by atoms with Crippen LogP contribution in [0.1, 0.15) is 12.5 Å². The van der Waals surface area contributed by atoms with Crippen LogP contribution in [-0.4, -0.2) is 29.8 Å². The zero-order chi connectivity index (χ0) is 18.4. The molecule has 0 unspecified atom stereocenters. The quantitative estimate of drug-likeness (QED) is 0.814. The van der Waals surface area contributed by atoms with Gasteiger partial charge in [-0.05, 0) is 36.8 Å². The molecule has 2 amide bonds. The van der Waals surface area contributed by atoms with Crippen LogP contribution in [0.15, 0.2) is 42.5 Å². The van der Waals surface area contributed by atoms with Crippen molar-refractivity contribution in [2.24, 2.45) is 0 Å². The smallest absolute Gasteiger partial charge is 0.244 e. The van der Waals surface area contributed by atoms with Gasteiger partial charge in [0.2, 0.25) is 11.8 Å². The number of nitrogens with one attached hydrogen (secondary N) is 1. The molecule has 2 aromatic carbocycles. The molecule has 0 heterocycles. The summed E-state index contributed by atoms with van der Waals surface area (Å²) in [5.41, 5.74) is 0.997. The molecule has 0 radical (unpaired) electrons. The third-order valence-electron chi connectivity index (χ3n) is 3.56. The summed E-state index contributed by atoms with van der Waals surface area (Å²) in [6.07, 6.45) is 0.0915. The second-order valence-electron chi connectivity index (χ2n) is 5.36. The van der Waals surface area contributed by atoms with Crippen molar-refractivity contribution in [2.45, 2.75) is 13.3 Å². The molecule has 0 saturated carbocycles. The number of rotatable bonds is 6. The van der Waals surface area contributed by atoms with Crippen molar-refractivity contribution in [1.29, 1.82) is 0 Å². The SMILES string of the molecule is CCN(CC(=O)Nc1c(Cl)cccc1Cl)C(=O)Cc1ccc(F)cc1. The number of carbonyl (C=O) groups excluding carboxylic acids is 2. The molecular formula is C18H17Cl2FN2O2. The lowest BCUT2D eigenvalue weighted by Gasteiger charge is -2.21. The fourth-order valence-corrected chi connectivity index (χ4v) is 2.73. The van der Waals surface area contributed by atoms with Crippen LogP contribution in [-0.2, 0) is 16.0 Å². The standard InChI is InChI=1S/C18H17Cl2FN2O2/c1-2-23(17(25)10-12-6-8-13(21)9-7-12)11-16(24)22-18-14(19)4-3-5-15(18)20/h3-9H,2,10-11H2,1H3,(H,22,24). The fourth-order valence-electron chi connectivity index (χ4n) is 2.23. The number of para-hydroxylation sites is 1. The van der Waals surface area contributed by atoms with E-state index in [0.29, 0.717) is 27.8 Å². The number of amides is 2. The van der Waals surface area contributed by atoms with E-state index in [4.69, 9.17) is 23.2 Å². The molecule has 7 heteroatoms. The van der Waals surface area contributed by atoms with Crippen LogP contribution < -0.4 is 5.32 Å². The van der Waals surface area contributed by atoms with Gasteiger partial charge in [-0.25, -0.2) is 4.39 Å². The Morgan fingerprint density at radius 3 is 2.24 bits per heavy atom. The van der Waals surface area contributed by atoms with Crippen molar-refractivity contribution in [3.05, 3.63) is 63.9 Å². The predicted octanol–water partition coefficient (Wildman–Crippen LogP) is 4.16. The van der Waals surface area contributed by atoms with E-state index in [1.54, 1.807) is 37.3 Å². The highest BCUT2D eigenvalue weighted by molar-refractivity contribution is 6.39. The summed E-state index contributed by atoms with van der Waals surface area (Å²) >= 11 is 12.0. The first-order valence-corrected chi connectivity index (χ1v) is 8.42. The number of anilines is 1. The van der Waals surface area contributed by atoms with Crippen LogP contribution in [0.25, 0.3) is 0 Å². The Morgan fingerprint density at radius 2 is 1.68 bits per heavy atom. The molecule has 2 rings (SSSR count). The summed E-state index contributed by atoms with van der Waals surface area (Å²) < 4.78 is 12.9. The molecule has 0 fully saturated rings. The highest BCUT2D eigenvalue weighted by Gasteiger charge is 2.17. The van der Waals surface area contributed by atoms with Crippen molar-refractivity contribution in [2.75, 3.05) is 18.4 Å². The van der Waals surface area contributed by atoms with Gasteiger partial charge in [-0.3, -0.25) is 9.59 Å². The van der Waals surface area contributed by atoms with E-state index in [2.05, 4.69) is 5.32 Å².